The lowest BCUT2D eigenvalue weighted by Gasteiger charge is -2.14. The Morgan fingerprint density at radius 2 is 1.90 bits per heavy atom. The number of methoxy groups -OCH3 is 1. The molecule has 0 spiro atoms. The number of aryl methyl sites for hydroxylation is 1. The molecule has 4 aromatic rings. The Balaban J connectivity index is 1.67. The van der Waals surface area contributed by atoms with Crippen molar-refractivity contribution in [1.82, 2.24) is 14.4 Å². The summed E-state index contributed by atoms with van der Waals surface area (Å²) in [5.74, 6) is 0.187. The number of carbonyl (C=O) groups is 1. The zero-order chi connectivity index (χ0) is 22.2. The van der Waals surface area contributed by atoms with Crippen LogP contribution in [0.25, 0.3) is 17.0 Å². The Morgan fingerprint density at radius 1 is 1.13 bits per heavy atom. The minimum Gasteiger partial charge on any atom is -0.494 e. The molecule has 31 heavy (non-hydrogen) atoms. The molecule has 0 fully saturated rings. The zero-order valence-electron chi connectivity index (χ0n) is 16.6. The molecule has 2 aromatic heterocycles. The van der Waals surface area contributed by atoms with Crippen LogP contribution < -0.4 is 10.1 Å². The fourth-order valence-electron chi connectivity index (χ4n) is 3.14. The average Bonchev–Trinajstić information content (AvgIpc) is 3.17. The van der Waals surface area contributed by atoms with Gasteiger partial charge in [-0.15, -0.1) is 0 Å². The number of alkyl halides is 3. The molecule has 0 unspecified atom stereocenters. The third-order valence-corrected chi connectivity index (χ3v) is 4.78. The fourth-order valence-corrected chi connectivity index (χ4v) is 3.14. The Bertz CT molecular complexity index is 1280. The van der Waals surface area contributed by atoms with Crippen LogP contribution in [-0.2, 0) is 6.18 Å². The number of benzene rings is 2. The number of rotatable bonds is 4. The van der Waals surface area contributed by atoms with Crippen LogP contribution in [0.15, 0.2) is 61.1 Å². The van der Waals surface area contributed by atoms with Gasteiger partial charge < -0.3 is 10.1 Å². The average molecular weight is 426 g/mol. The number of aromatic nitrogens is 3. The second kappa shape index (κ2) is 7.75. The van der Waals surface area contributed by atoms with Gasteiger partial charge in [0, 0.05) is 17.4 Å². The van der Waals surface area contributed by atoms with Crippen LogP contribution in [0.1, 0.15) is 21.5 Å². The number of carbonyl (C=O) groups excluding carboxylic acids is 1. The van der Waals surface area contributed by atoms with Crippen molar-refractivity contribution < 1.29 is 22.7 Å². The molecule has 1 N–H and O–H groups in total. The van der Waals surface area contributed by atoms with E-state index < -0.39 is 23.2 Å². The van der Waals surface area contributed by atoms with Crippen molar-refractivity contribution in [3.8, 4) is 17.0 Å². The summed E-state index contributed by atoms with van der Waals surface area (Å²) in [6, 6.07) is 9.92. The van der Waals surface area contributed by atoms with Gasteiger partial charge in [-0.25, -0.2) is 9.97 Å². The van der Waals surface area contributed by atoms with Gasteiger partial charge in [0.2, 0.25) is 5.78 Å². The smallest absolute Gasteiger partial charge is 0.417 e. The molecule has 158 valence electrons. The van der Waals surface area contributed by atoms with Crippen molar-refractivity contribution in [1.29, 1.82) is 0 Å². The molecule has 0 aliphatic rings. The monoisotopic (exact) mass is 426 g/mol. The first-order valence-electron chi connectivity index (χ1n) is 9.23. The highest BCUT2D eigenvalue weighted by Gasteiger charge is 2.34. The predicted octanol–water partition coefficient (Wildman–Crippen LogP) is 4.98. The predicted molar refractivity (Wildman–Crippen MR) is 109 cm³/mol. The van der Waals surface area contributed by atoms with Crippen molar-refractivity contribution in [3.05, 3.63) is 77.7 Å². The summed E-state index contributed by atoms with van der Waals surface area (Å²) in [4.78, 5) is 21.3. The molecule has 0 radical (unpaired) electrons. The topological polar surface area (TPSA) is 68.5 Å². The standard InChI is InChI=1S/C22H17F3N4O2/c1-13-7-8-14(19-12-29-11-15(31-2)10-26-21(29)28-19)9-18(13)27-20(30)16-5-3-4-6-17(16)22(23,24)25/h3-12H,1-2H3,(H,27,30). The minimum atomic E-state index is -4.63. The number of hydrogen-bond donors (Lipinski definition) is 1. The number of hydrogen-bond acceptors (Lipinski definition) is 4. The van der Waals surface area contributed by atoms with Gasteiger partial charge in [0.25, 0.3) is 5.91 Å². The first kappa shape index (κ1) is 20.4. The number of fused-ring (bicyclic) bond motifs is 1. The van der Waals surface area contributed by atoms with E-state index in [4.69, 9.17) is 4.74 Å². The van der Waals surface area contributed by atoms with E-state index in [2.05, 4.69) is 15.3 Å². The normalized spacial score (nSPS) is 11.5. The molecule has 0 aliphatic carbocycles. The zero-order valence-corrected chi connectivity index (χ0v) is 16.6. The van der Waals surface area contributed by atoms with Crippen molar-refractivity contribution in [2.75, 3.05) is 12.4 Å². The molecule has 0 atom stereocenters. The SMILES string of the molecule is COc1cnc2nc(-c3ccc(C)c(NC(=O)c4ccccc4C(F)(F)F)c3)cn2c1. The molecule has 6 nitrogen and oxygen atoms in total. The third kappa shape index (κ3) is 4.07. The molecule has 0 saturated heterocycles. The van der Waals surface area contributed by atoms with E-state index in [1.54, 1.807) is 42.0 Å². The minimum absolute atomic E-state index is 0.391. The van der Waals surface area contributed by atoms with E-state index in [0.29, 0.717) is 34.0 Å². The van der Waals surface area contributed by atoms with Crippen LogP contribution in [0.2, 0.25) is 0 Å². The maximum Gasteiger partial charge on any atom is 0.417 e. The summed E-state index contributed by atoms with van der Waals surface area (Å²) >= 11 is 0. The lowest BCUT2D eigenvalue weighted by atomic mass is 10.0. The second-order valence-corrected chi connectivity index (χ2v) is 6.85. The number of amides is 1. The molecule has 2 heterocycles. The van der Waals surface area contributed by atoms with Gasteiger partial charge in [-0.05, 0) is 30.7 Å². The lowest BCUT2D eigenvalue weighted by Crippen LogP contribution is -2.19. The summed E-state index contributed by atoms with van der Waals surface area (Å²) in [5.41, 5.74) is 0.930. The van der Waals surface area contributed by atoms with E-state index in [1.165, 1.54) is 19.2 Å². The molecular weight excluding hydrogens is 409 g/mol. The van der Waals surface area contributed by atoms with E-state index >= 15 is 0 Å². The number of nitrogens with one attached hydrogen (secondary N) is 1. The maximum atomic E-state index is 13.3. The van der Waals surface area contributed by atoms with Gasteiger partial charge in [0.15, 0.2) is 5.75 Å². The van der Waals surface area contributed by atoms with Crippen LogP contribution in [-0.4, -0.2) is 27.4 Å². The highest BCUT2D eigenvalue weighted by atomic mass is 19.4. The van der Waals surface area contributed by atoms with Crippen LogP contribution in [0, 0.1) is 6.92 Å². The maximum absolute atomic E-state index is 13.3. The quantitative estimate of drug-likeness (QED) is 0.500. The fraction of sp³-hybridized carbons (Fsp3) is 0.136. The van der Waals surface area contributed by atoms with Crippen LogP contribution in [0.5, 0.6) is 5.75 Å². The summed E-state index contributed by atoms with van der Waals surface area (Å²) in [5, 5.41) is 2.59. The Labute approximate surface area is 175 Å². The Kier molecular flexibility index (Phi) is 5.10. The molecule has 2 aromatic carbocycles. The first-order chi connectivity index (χ1) is 14.8. The number of ether oxygens (including phenoxy) is 1. The molecule has 1 amide bonds. The highest BCUT2D eigenvalue weighted by Crippen LogP contribution is 2.33. The van der Waals surface area contributed by atoms with Crippen molar-refractivity contribution in [3.63, 3.8) is 0 Å². The van der Waals surface area contributed by atoms with Crippen molar-refractivity contribution in [2.45, 2.75) is 13.1 Å². The first-order valence-corrected chi connectivity index (χ1v) is 9.23. The number of anilines is 1. The van der Waals surface area contributed by atoms with Gasteiger partial charge in [-0.2, -0.15) is 13.2 Å². The third-order valence-electron chi connectivity index (χ3n) is 4.78. The number of nitrogens with zero attached hydrogens (tertiary/aromatic N) is 3. The van der Waals surface area contributed by atoms with Gasteiger partial charge in [0.05, 0.1) is 36.3 Å². The molecule has 4 rings (SSSR count). The van der Waals surface area contributed by atoms with Crippen LogP contribution in [0.3, 0.4) is 0 Å². The number of halogens is 3. The van der Waals surface area contributed by atoms with E-state index in [1.807, 2.05) is 6.07 Å². The van der Waals surface area contributed by atoms with Crippen molar-refractivity contribution >= 4 is 17.4 Å². The lowest BCUT2D eigenvalue weighted by molar-refractivity contribution is -0.137. The van der Waals surface area contributed by atoms with E-state index in [9.17, 15) is 18.0 Å². The van der Waals surface area contributed by atoms with Crippen molar-refractivity contribution in [2.24, 2.45) is 0 Å². The van der Waals surface area contributed by atoms with Gasteiger partial charge in [0.1, 0.15) is 0 Å². The highest BCUT2D eigenvalue weighted by molar-refractivity contribution is 6.06. The van der Waals surface area contributed by atoms with Gasteiger partial charge >= 0.3 is 6.18 Å². The van der Waals surface area contributed by atoms with Gasteiger partial charge in [-0.1, -0.05) is 24.3 Å². The Morgan fingerprint density at radius 3 is 2.65 bits per heavy atom. The number of imidazole rings is 1. The summed E-state index contributed by atoms with van der Waals surface area (Å²) < 4.78 is 46.6. The van der Waals surface area contributed by atoms with E-state index in [-0.39, 0.29) is 0 Å². The molecule has 0 bridgehead atoms. The van der Waals surface area contributed by atoms with Gasteiger partial charge in [-0.3, -0.25) is 9.20 Å². The van der Waals surface area contributed by atoms with Crippen LogP contribution >= 0.6 is 0 Å². The summed E-state index contributed by atoms with van der Waals surface area (Å²) in [7, 11) is 1.53. The summed E-state index contributed by atoms with van der Waals surface area (Å²) in [6.07, 6.45) is 0.393. The molecular formula is C22H17F3N4O2. The largest absolute Gasteiger partial charge is 0.494 e. The van der Waals surface area contributed by atoms with Crippen LogP contribution in [0.4, 0.5) is 18.9 Å². The summed E-state index contributed by atoms with van der Waals surface area (Å²) in [6.45, 7) is 1.76. The Hall–Kier alpha value is -3.88. The van der Waals surface area contributed by atoms with E-state index in [0.717, 1.165) is 12.1 Å². The molecule has 0 aliphatic heterocycles. The molecule has 9 heteroatoms. The second-order valence-electron chi connectivity index (χ2n) is 6.85. The molecule has 0 saturated carbocycles.